The van der Waals surface area contributed by atoms with E-state index in [1.807, 2.05) is 18.2 Å². The van der Waals surface area contributed by atoms with Crippen LogP contribution in [0.25, 0.3) is 33.9 Å². The average molecular weight is 328 g/mol. The zero-order chi connectivity index (χ0) is 16.0. The van der Waals surface area contributed by atoms with Gasteiger partial charge >= 0.3 is 5.76 Å². The fraction of sp³-hybridized carbons (Fsp3) is 0.0625. The smallest absolute Gasteiger partial charge is 0.408 e. The molecule has 0 amide bonds. The van der Waals surface area contributed by atoms with E-state index in [2.05, 4.69) is 10.1 Å². The van der Waals surface area contributed by atoms with Gasteiger partial charge in [0.2, 0.25) is 5.82 Å². The summed E-state index contributed by atoms with van der Waals surface area (Å²) < 4.78 is 11.9. The van der Waals surface area contributed by atoms with Crippen molar-refractivity contribution in [2.75, 3.05) is 0 Å². The highest BCUT2D eigenvalue weighted by molar-refractivity contribution is 6.30. The summed E-state index contributed by atoms with van der Waals surface area (Å²) in [4.78, 5) is 15.9. The van der Waals surface area contributed by atoms with Crippen LogP contribution < -0.4 is 5.76 Å². The van der Waals surface area contributed by atoms with Crippen LogP contribution in [0.15, 0.2) is 56.2 Å². The molecule has 0 radical (unpaired) electrons. The quantitative estimate of drug-likeness (QED) is 0.563. The topological polar surface area (TPSA) is 74.1 Å². The summed E-state index contributed by atoms with van der Waals surface area (Å²) in [5.74, 6) is 0.371. The highest BCUT2D eigenvalue weighted by Crippen LogP contribution is 2.26. The summed E-state index contributed by atoms with van der Waals surface area (Å²) in [6.45, 7) is 0. The van der Waals surface area contributed by atoms with Crippen molar-refractivity contribution in [1.29, 1.82) is 0 Å². The van der Waals surface area contributed by atoms with Crippen LogP contribution in [0.4, 0.5) is 0 Å². The van der Waals surface area contributed by atoms with Crippen molar-refractivity contribution in [3.8, 4) is 22.8 Å². The Bertz CT molecular complexity index is 1080. The Morgan fingerprint density at radius 2 is 2.00 bits per heavy atom. The molecule has 2 heterocycles. The molecule has 0 aliphatic rings. The molecule has 0 spiro atoms. The van der Waals surface area contributed by atoms with Gasteiger partial charge in [0.1, 0.15) is 0 Å². The lowest BCUT2D eigenvalue weighted by atomic mass is 10.2. The first-order valence-electron chi connectivity index (χ1n) is 6.81. The van der Waals surface area contributed by atoms with E-state index in [-0.39, 0.29) is 0 Å². The van der Waals surface area contributed by atoms with Gasteiger partial charge in [-0.05, 0) is 36.4 Å². The van der Waals surface area contributed by atoms with Gasteiger partial charge in [0.25, 0.3) is 5.89 Å². The van der Waals surface area contributed by atoms with Gasteiger partial charge in [0.05, 0.1) is 5.52 Å². The summed E-state index contributed by atoms with van der Waals surface area (Å²) >= 11 is 5.97. The third-order valence-electron chi connectivity index (χ3n) is 3.55. The first-order chi connectivity index (χ1) is 11.1. The zero-order valence-corrected chi connectivity index (χ0v) is 12.7. The molecule has 0 N–H and O–H groups in total. The predicted molar refractivity (Wildman–Crippen MR) is 85.2 cm³/mol. The number of oxazole rings is 1. The van der Waals surface area contributed by atoms with E-state index in [1.165, 1.54) is 4.57 Å². The van der Waals surface area contributed by atoms with E-state index in [1.54, 1.807) is 31.3 Å². The molecule has 6 nitrogen and oxygen atoms in total. The minimum atomic E-state index is -0.412. The number of benzene rings is 2. The standard InChI is InChI=1S/C16H10ClN3O3/c1-20-12-6-5-9(8-13(12)22-16(20)21)14-18-15(23-19-14)10-3-2-4-11(17)7-10/h2-8H,1H3. The second-order valence-electron chi connectivity index (χ2n) is 5.04. The van der Waals surface area contributed by atoms with Gasteiger partial charge in [-0.25, -0.2) is 4.79 Å². The highest BCUT2D eigenvalue weighted by Gasteiger charge is 2.13. The maximum atomic E-state index is 11.5. The minimum Gasteiger partial charge on any atom is -0.408 e. The lowest BCUT2D eigenvalue weighted by Gasteiger charge is -1.95. The zero-order valence-electron chi connectivity index (χ0n) is 12.0. The van der Waals surface area contributed by atoms with Crippen molar-refractivity contribution in [3.63, 3.8) is 0 Å². The van der Waals surface area contributed by atoms with Crippen LogP contribution in [0.2, 0.25) is 5.02 Å². The van der Waals surface area contributed by atoms with Crippen molar-refractivity contribution in [3.05, 3.63) is 58.0 Å². The second kappa shape index (κ2) is 5.10. The van der Waals surface area contributed by atoms with E-state index >= 15 is 0 Å². The second-order valence-corrected chi connectivity index (χ2v) is 5.48. The van der Waals surface area contributed by atoms with Gasteiger partial charge < -0.3 is 8.94 Å². The molecule has 7 heteroatoms. The Kier molecular flexibility index (Phi) is 3.06. The summed E-state index contributed by atoms with van der Waals surface area (Å²) in [6.07, 6.45) is 0. The molecule has 0 saturated carbocycles. The molecule has 0 saturated heterocycles. The van der Waals surface area contributed by atoms with Crippen LogP contribution in [-0.4, -0.2) is 14.7 Å². The van der Waals surface area contributed by atoms with Crippen LogP contribution in [-0.2, 0) is 7.05 Å². The number of rotatable bonds is 2. The summed E-state index contributed by atoms with van der Waals surface area (Å²) in [7, 11) is 1.65. The number of halogens is 1. The lowest BCUT2D eigenvalue weighted by molar-refractivity contribution is 0.432. The molecule has 0 bridgehead atoms. The fourth-order valence-corrected chi connectivity index (χ4v) is 2.54. The molecule has 23 heavy (non-hydrogen) atoms. The molecule has 0 aliphatic carbocycles. The Balaban J connectivity index is 1.78. The molecule has 0 unspecified atom stereocenters. The molecule has 114 valence electrons. The van der Waals surface area contributed by atoms with Crippen molar-refractivity contribution in [1.82, 2.24) is 14.7 Å². The van der Waals surface area contributed by atoms with E-state index in [0.29, 0.717) is 33.4 Å². The fourth-order valence-electron chi connectivity index (χ4n) is 2.35. The van der Waals surface area contributed by atoms with E-state index in [0.717, 1.165) is 5.56 Å². The van der Waals surface area contributed by atoms with Crippen LogP contribution in [0.3, 0.4) is 0 Å². The molecule has 4 aromatic rings. The number of hydrogen-bond donors (Lipinski definition) is 0. The van der Waals surface area contributed by atoms with Crippen LogP contribution in [0.1, 0.15) is 0 Å². The summed E-state index contributed by atoms with van der Waals surface area (Å²) in [5.41, 5.74) is 2.62. The van der Waals surface area contributed by atoms with Gasteiger partial charge in [0.15, 0.2) is 5.58 Å². The van der Waals surface area contributed by atoms with Crippen LogP contribution >= 0.6 is 11.6 Å². The molecule has 2 aromatic carbocycles. The SMILES string of the molecule is Cn1c(=O)oc2cc(-c3noc(-c4cccc(Cl)c4)n3)ccc21. The number of fused-ring (bicyclic) bond motifs is 1. The van der Waals surface area contributed by atoms with Crippen LogP contribution in [0, 0.1) is 0 Å². The first kappa shape index (κ1) is 13.8. The Labute approximate surface area is 134 Å². The van der Waals surface area contributed by atoms with Crippen molar-refractivity contribution >= 4 is 22.7 Å². The van der Waals surface area contributed by atoms with Crippen molar-refractivity contribution in [2.24, 2.45) is 7.05 Å². The van der Waals surface area contributed by atoms with Gasteiger partial charge in [0, 0.05) is 23.2 Å². The van der Waals surface area contributed by atoms with Crippen LogP contribution in [0.5, 0.6) is 0 Å². The Morgan fingerprint density at radius 3 is 2.83 bits per heavy atom. The minimum absolute atomic E-state index is 0.372. The van der Waals surface area contributed by atoms with Crippen molar-refractivity contribution in [2.45, 2.75) is 0 Å². The van der Waals surface area contributed by atoms with E-state index in [4.69, 9.17) is 20.5 Å². The molecule has 4 rings (SSSR count). The van der Waals surface area contributed by atoms with Gasteiger partial charge in [-0.2, -0.15) is 4.98 Å². The number of aromatic nitrogens is 3. The van der Waals surface area contributed by atoms with Gasteiger partial charge in [-0.1, -0.05) is 22.8 Å². The number of hydrogen-bond acceptors (Lipinski definition) is 5. The predicted octanol–water partition coefficient (Wildman–Crippen LogP) is 3.50. The highest BCUT2D eigenvalue weighted by atomic mass is 35.5. The molecule has 0 atom stereocenters. The molecule has 0 aliphatic heterocycles. The van der Waals surface area contributed by atoms with Gasteiger partial charge in [-0.3, -0.25) is 4.57 Å². The normalized spacial score (nSPS) is 11.2. The molecule has 0 fully saturated rings. The molecular weight excluding hydrogens is 318 g/mol. The Morgan fingerprint density at radius 1 is 1.13 bits per heavy atom. The number of aryl methyl sites for hydroxylation is 1. The van der Waals surface area contributed by atoms with Gasteiger partial charge in [-0.15, -0.1) is 0 Å². The summed E-state index contributed by atoms with van der Waals surface area (Å²) in [6, 6.07) is 12.5. The maximum Gasteiger partial charge on any atom is 0.419 e. The largest absolute Gasteiger partial charge is 0.419 e. The summed E-state index contributed by atoms with van der Waals surface area (Å²) in [5, 5.41) is 4.57. The lowest BCUT2D eigenvalue weighted by Crippen LogP contribution is -2.08. The monoisotopic (exact) mass is 327 g/mol. The van der Waals surface area contributed by atoms with E-state index < -0.39 is 5.76 Å². The average Bonchev–Trinajstić information content (AvgIpc) is 3.13. The third kappa shape index (κ3) is 2.33. The maximum absolute atomic E-state index is 11.5. The molecule has 2 aromatic heterocycles. The number of nitrogens with zero attached hydrogens (tertiary/aromatic N) is 3. The Hall–Kier alpha value is -2.86. The first-order valence-corrected chi connectivity index (χ1v) is 7.19. The third-order valence-corrected chi connectivity index (χ3v) is 3.78. The molecular formula is C16H10ClN3O3. The van der Waals surface area contributed by atoms with E-state index in [9.17, 15) is 4.79 Å². The van der Waals surface area contributed by atoms with Crippen molar-refractivity contribution < 1.29 is 8.94 Å².